The molecule has 1 spiro atoms. The van der Waals surface area contributed by atoms with Crippen molar-refractivity contribution in [1.29, 1.82) is 0 Å². The standard InChI is InChI=1S/C20H20N2O4/c1-19(2)16-5-3-4-6-17(16)21(11-12-23)20(19)10-9-14-13-15(22(24)25)7-8-18(14)26-20/h3-10,13,23H,11-12H2,1-2H3/t20-/m1/s1. The third kappa shape index (κ3) is 2.08. The second kappa shape index (κ2) is 5.57. The number of fused-ring (bicyclic) bond motifs is 2. The van der Waals surface area contributed by atoms with E-state index in [2.05, 4.69) is 24.8 Å². The lowest BCUT2D eigenvalue weighted by Crippen LogP contribution is -2.60. The lowest BCUT2D eigenvalue weighted by molar-refractivity contribution is -0.384. The number of nitro groups is 1. The number of non-ortho nitro benzene ring substituents is 1. The van der Waals surface area contributed by atoms with Gasteiger partial charge in [-0.1, -0.05) is 18.2 Å². The second-order valence-corrected chi connectivity index (χ2v) is 7.13. The molecular formula is C20H20N2O4. The molecule has 2 aromatic carbocycles. The Morgan fingerprint density at radius 2 is 2.00 bits per heavy atom. The number of aliphatic hydroxyl groups excluding tert-OH is 1. The molecule has 1 N–H and O–H groups in total. The van der Waals surface area contributed by atoms with E-state index in [1.54, 1.807) is 6.07 Å². The molecule has 0 aromatic heterocycles. The molecule has 0 saturated heterocycles. The number of nitro benzene ring substituents is 1. The van der Waals surface area contributed by atoms with Gasteiger partial charge in [-0.05, 0) is 43.7 Å². The van der Waals surface area contributed by atoms with Gasteiger partial charge in [0.1, 0.15) is 5.75 Å². The molecule has 2 aliphatic heterocycles. The van der Waals surface area contributed by atoms with Gasteiger partial charge in [-0.15, -0.1) is 0 Å². The largest absolute Gasteiger partial charge is 0.463 e. The minimum atomic E-state index is -0.803. The van der Waals surface area contributed by atoms with Gasteiger partial charge >= 0.3 is 0 Å². The maximum Gasteiger partial charge on any atom is 0.270 e. The summed E-state index contributed by atoms with van der Waals surface area (Å²) in [5, 5.41) is 20.7. The maximum absolute atomic E-state index is 11.0. The molecule has 26 heavy (non-hydrogen) atoms. The van der Waals surface area contributed by atoms with Crippen molar-refractivity contribution in [3.63, 3.8) is 0 Å². The molecule has 2 aliphatic rings. The van der Waals surface area contributed by atoms with E-state index in [0.29, 0.717) is 17.9 Å². The summed E-state index contributed by atoms with van der Waals surface area (Å²) in [6, 6.07) is 12.7. The third-order valence-corrected chi connectivity index (χ3v) is 5.45. The highest BCUT2D eigenvalue weighted by Crippen LogP contribution is 2.54. The van der Waals surface area contributed by atoms with Crippen LogP contribution in [0.25, 0.3) is 6.08 Å². The monoisotopic (exact) mass is 352 g/mol. The van der Waals surface area contributed by atoms with Crippen LogP contribution in [-0.4, -0.2) is 28.9 Å². The number of hydrogen-bond donors (Lipinski definition) is 1. The number of benzene rings is 2. The molecule has 0 aliphatic carbocycles. The first kappa shape index (κ1) is 16.6. The summed E-state index contributed by atoms with van der Waals surface area (Å²) in [7, 11) is 0. The van der Waals surface area contributed by atoms with Crippen LogP contribution >= 0.6 is 0 Å². The van der Waals surface area contributed by atoms with Crippen molar-refractivity contribution in [1.82, 2.24) is 0 Å². The van der Waals surface area contributed by atoms with Crippen LogP contribution in [0.1, 0.15) is 25.0 Å². The van der Waals surface area contributed by atoms with Crippen LogP contribution in [0, 0.1) is 10.1 Å². The van der Waals surface area contributed by atoms with Crippen molar-refractivity contribution >= 4 is 17.5 Å². The topological polar surface area (TPSA) is 75.8 Å². The van der Waals surface area contributed by atoms with E-state index in [0.717, 1.165) is 11.3 Å². The molecule has 2 aromatic rings. The first-order chi connectivity index (χ1) is 12.4. The number of aliphatic hydroxyl groups is 1. The van der Waals surface area contributed by atoms with Gasteiger partial charge in [-0.25, -0.2) is 0 Å². The molecule has 0 bridgehead atoms. The first-order valence-electron chi connectivity index (χ1n) is 8.55. The molecule has 4 rings (SSSR count). The van der Waals surface area contributed by atoms with Crippen molar-refractivity contribution in [2.24, 2.45) is 0 Å². The molecule has 0 amide bonds. The second-order valence-electron chi connectivity index (χ2n) is 7.13. The molecule has 1 atom stereocenters. The van der Waals surface area contributed by atoms with Crippen LogP contribution in [0.5, 0.6) is 5.75 Å². The summed E-state index contributed by atoms with van der Waals surface area (Å²) in [6.07, 6.45) is 3.83. The first-order valence-corrected chi connectivity index (χ1v) is 8.55. The van der Waals surface area contributed by atoms with E-state index < -0.39 is 10.6 Å². The third-order valence-electron chi connectivity index (χ3n) is 5.45. The van der Waals surface area contributed by atoms with Crippen LogP contribution in [0.3, 0.4) is 0 Å². The van der Waals surface area contributed by atoms with Crippen LogP contribution in [0.2, 0.25) is 0 Å². The smallest absolute Gasteiger partial charge is 0.270 e. The Labute approximate surface area is 151 Å². The van der Waals surface area contributed by atoms with Crippen molar-refractivity contribution in [2.45, 2.75) is 25.0 Å². The number of para-hydroxylation sites is 1. The molecule has 0 unspecified atom stereocenters. The Bertz CT molecular complexity index is 922. The highest BCUT2D eigenvalue weighted by Gasteiger charge is 2.58. The molecule has 6 heteroatoms. The summed E-state index contributed by atoms with van der Waals surface area (Å²) in [5.41, 5.74) is 1.71. The maximum atomic E-state index is 11.0. The lowest BCUT2D eigenvalue weighted by Gasteiger charge is -2.47. The van der Waals surface area contributed by atoms with Gasteiger partial charge in [0, 0.05) is 29.9 Å². The predicted octanol–water partition coefficient (Wildman–Crippen LogP) is 3.49. The zero-order valence-electron chi connectivity index (χ0n) is 14.7. The van der Waals surface area contributed by atoms with Crippen molar-refractivity contribution in [3.8, 4) is 5.75 Å². The summed E-state index contributed by atoms with van der Waals surface area (Å²) < 4.78 is 6.48. The van der Waals surface area contributed by atoms with Gasteiger partial charge in [0.05, 0.1) is 16.9 Å². The van der Waals surface area contributed by atoms with E-state index in [-0.39, 0.29) is 17.7 Å². The summed E-state index contributed by atoms with van der Waals surface area (Å²) >= 11 is 0. The number of ether oxygens (including phenoxy) is 1. The Balaban J connectivity index is 1.86. The quantitative estimate of drug-likeness (QED) is 0.676. The molecular weight excluding hydrogens is 332 g/mol. The fourth-order valence-electron chi connectivity index (χ4n) is 4.09. The number of anilines is 1. The minimum absolute atomic E-state index is 0.00349. The van der Waals surface area contributed by atoms with Gasteiger partial charge in [-0.2, -0.15) is 0 Å². The average Bonchev–Trinajstić information content (AvgIpc) is 2.81. The summed E-state index contributed by atoms with van der Waals surface area (Å²) in [5.74, 6) is 0.599. The van der Waals surface area contributed by atoms with E-state index >= 15 is 0 Å². The van der Waals surface area contributed by atoms with E-state index in [1.165, 1.54) is 12.1 Å². The minimum Gasteiger partial charge on any atom is -0.463 e. The fourth-order valence-corrected chi connectivity index (χ4v) is 4.09. The van der Waals surface area contributed by atoms with Gasteiger partial charge < -0.3 is 14.7 Å². The molecule has 0 radical (unpaired) electrons. The van der Waals surface area contributed by atoms with Crippen molar-refractivity contribution in [3.05, 3.63) is 69.8 Å². The Kier molecular flexibility index (Phi) is 3.56. The average molecular weight is 352 g/mol. The zero-order valence-corrected chi connectivity index (χ0v) is 14.7. The van der Waals surface area contributed by atoms with Crippen LogP contribution < -0.4 is 9.64 Å². The van der Waals surface area contributed by atoms with Crippen molar-refractivity contribution < 1.29 is 14.8 Å². The van der Waals surface area contributed by atoms with Crippen LogP contribution in [0.15, 0.2) is 48.5 Å². The van der Waals surface area contributed by atoms with Crippen LogP contribution in [0.4, 0.5) is 11.4 Å². The zero-order chi connectivity index (χ0) is 18.5. The number of nitrogens with zero attached hydrogens (tertiary/aromatic N) is 2. The van der Waals surface area contributed by atoms with E-state index in [4.69, 9.17) is 4.74 Å². The Morgan fingerprint density at radius 3 is 2.73 bits per heavy atom. The van der Waals surface area contributed by atoms with Gasteiger partial charge in [-0.3, -0.25) is 10.1 Å². The molecule has 134 valence electrons. The molecule has 0 saturated carbocycles. The number of hydrogen-bond acceptors (Lipinski definition) is 5. The lowest BCUT2D eigenvalue weighted by atomic mass is 9.76. The SMILES string of the molecule is CC1(C)c2ccccc2N(CCO)[C@@]12C=Cc1cc([N+](=O)[O-])ccc1O2. The predicted molar refractivity (Wildman–Crippen MR) is 99.4 cm³/mol. The van der Waals surface area contributed by atoms with E-state index in [9.17, 15) is 15.2 Å². The van der Waals surface area contributed by atoms with Crippen LogP contribution in [-0.2, 0) is 5.41 Å². The summed E-state index contributed by atoms with van der Waals surface area (Å²) in [6.45, 7) is 4.65. The van der Waals surface area contributed by atoms with Gasteiger partial charge in [0.2, 0.25) is 5.72 Å². The van der Waals surface area contributed by atoms with Gasteiger partial charge in [0.25, 0.3) is 5.69 Å². The molecule has 2 heterocycles. The Morgan fingerprint density at radius 1 is 1.23 bits per heavy atom. The van der Waals surface area contributed by atoms with E-state index in [1.807, 2.05) is 30.4 Å². The summed E-state index contributed by atoms with van der Waals surface area (Å²) in [4.78, 5) is 12.7. The highest BCUT2D eigenvalue weighted by atomic mass is 16.6. The normalized spacial score (nSPS) is 22.0. The van der Waals surface area contributed by atoms with Crippen molar-refractivity contribution in [2.75, 3.05) is 18.1 Å². The number of rotatable bonds is 3. The highest BCUT2D eigenvalue weighted by molar-refractivity contribution is 5.73. The molecule has 6 nitrogen and oxygen atoms in total. The number of β-amino-alcohol motifs (C(OH)–C–C–N with tert-alkyl or cyclic N) is 1. The fraction of sp³-hybridized carbons (Fsp3) is 0.300. The van der Waals surface area contributed by atoms with Gasteiger partial charge in [0.15, 0.2) is 0 Å². The molecule has 0 fully saturated rings. The Hall–Kier alpha value is -2.86.